The fourth-order valence-electron chi connectivity index (χ4n) is 2.29. The van der Waals surface area contributed by atoms with Crippen molar-refractivity contribution in [1.29, 1.82) is 0 Å². The molecular weight excluding hydrogens is 294 g/mol. The largest absolute Gasteiger partial charge is 0.497 e. The van der Waals surface area contributed by atoms with E-state index >= 15 is 0 Å². The van der Waals surface area contributed by atoms with Crippen LogP contribution >= 0.6 is 0 Å². The summed E-state index contributed by atoms with van der Waals surface area (Å²) in [6, 6.07) is 8.09. The average molecular weight is 321 g/mol. The fourth-order valence-corrected chi connectivity index (χ4v) is 2.29. The molecular formula is C18H27NO4. The third-order valence-corrected chi connectivity index (χ3v) is 3.58. The van der Waals surface area contributed by atoms with Gasteiger partial charge in [0.1, 0.15) is 11.4 Å². The van der Waals surface area contributed by atoms with E-state index in [4.69, 9.17) is 4.74 Å². The van der Waals surface area contributed by atoms with Crippen LogP contribution in [0.2, 0.25) is 0 Å². The molecule has 1 aliphatic heterocycles. The second-order valence-corrected chi connectivity index (χ2v) is 6.47. The number of carbonyl (C=O) groups excluding carboxylic acids is 2. The molecule has 1 fully saturated rings. The molecule has 5 heteroatoms. The second kappa shape index (κ2) is 8.56. The first-order valence-electron chi connectivity index (χ1n) is 7.83. The zero-order valence-electron chi connectivity index (χ0n) is 14.7. The zero-order valence-corrected chi connectivity index (χ0v) is 14.7. The first kappa shape index (κ1) is 19.0. The highest BCUT2D eigenvalue weighted by atomic mass is 16.5. The number of benzene rings is 1. The molecule has 0 radical (unpaired) electrons. The van der Waals surface area contributed by atoms with Crippen LogP contribution in [0.4, 0.5) is 0 Å². The maximum atomic E-state index is 11.6. The Labute approximate surface area is 138 Å². The van der Waals surface area contributed by atoms with Gasteiger partial charge in [0.15, 0.2) is 0 Å². The van der Waals surface area contributed by atoms with Crippen molar-refractivity contribution < 1.29 is 19.1 Å². The van der Waals surface area contributed by atoms with Gasteiger partial charge >= 0.3 is 0 Å². The molecule has 23 heavy (non-hydrogen) atoms. The smallest absolute Gasteiger partial charge is 0.293 e. The molecule has 0 saturated carbocycles. The van der Waals surface area contributed by atoms with E-state index in [-0.39, 0.29) is 17.6 Å². The molecule has 0 spiro atoms. The summed E-state index contributed by atoms with van der Waals surface area (Å²) >= 11 is 0. The number of hydrogen-bond donors (Lipinski definition) is 0. The summed E-state index contributed by atoms with van der Waals surface area (Å²) in [6.45, 7) is 8.88. The molecule has 1 atom stereocenters. The lowest BCUT2D eigenvalue weighted by Crippen LogP contribution is -2.27. The van der Waals surface area contributed by atoms with E-state index in [1.807, 2.05) is 49.9 Å². The molecule has 0 unspecified atom stereocenters. The Morgan fingerprint density at radius 1 is 1.22 bits per heavy atom. The van der Waals surface area contributed by atoms with Crippen molar-refractivity contribution in [3.8, 4) is 5.75 Å². The van der Waals surface area contributed by atoms with Gasteiger partial charge in [-0.25, -0.2) is 0 Å². The van der Waals surface area contributed by atoms with E-state index in [1.54, 1.807) is 7.11 Å². The van der Waals surface area contributed by atoms with Gasteiger partial charge in [0, 0.05) is 13.0 Å². The number of amides is 1. The average Bonchev–Trinajstić information content (AvgIpc) is 2.92. The van der Waals surface area contributed by atoms with Crippen molar-refractivity contribution in [3.05, 3.63) is 29.8 Å². The maximum absolute atomic E-state index is 11.6. The summed E-state index contributed by atoms with van der Waals surface area (Å²) in [6.07, 6.45) is 1.68. The highest BCUT2D eigenvalue weighted by molar-refractivity contribution is 5.78. The Morgan fingerprint density at radius 3 is 2.17 bits per heavy atom. The Hall–Kier alpha value is -2.04. The number of ether oxygens (including phenoxy) is 2. The van der Waals surface area contributed by atoms with Crippen molar-refractivity contribution in [2.45, 2.75) is 52.2 Å². The lowest BCUT2D eigenvalue weighted by atomic mass is 10.1. The molecule has 1 heterocycles. The summed E-state index contributed by atoms with van der Waals surface area (Å²) in [7, 11) is 1.66. The lowest BCUT2D eigenvalue weighted by molar-refractivity contribution is -0.138. The molecule has 1 saturated heterocycles. The van der Waals surface area contributed by atoms with Gasteiger partial charge in [0.25, 0.3) is 6.47 Å². The second-order valence-electron chi connectivity index (χ2n) is 6.47. The molecule has 5 nitrogen and oxygen atoms in total. The molecule has 1 amide bonds. The van der Waals surface area contributed by atoms with Crippen LogP contribution in [0.5, 0.6) is 5.75 Å². The van der Waals surface area contributed by atoms with Crippen LogP contribution in [-0.2, 0) is 14.3 Å². The van der Waals surface area contributed by atoms with Crippen LogP contribution in [0.25, 0.3) is 0 Å². The Kier molecular flexibility index (Phi) is 7.07. The van der Waals surface area contributed by atoms with Crippen molar-refractivity contribution >= 4 is 12.4 Å². The minimum atomic E-state index is -0.318. The molecule has 2 rings (SSSR count). The first-order chi connectivity index (χ1) is 10.8. The Bertz CT molecular complexity index is 505. The van der Waals surface area contributed by atoms with E-state index in [9.17, 15) is 9.59 Å². The van der Waals surface area contributed by atoms with Gasteiger partial charge < -0.3 is 14.4 Å². The molecule has 1 aliphatic rings. The lowest BCUT2D eigenvalue weighted by Gasteiger charge is -2.24. The summed E-state index contributed by atoms with van der Waals surface area (Å²) in [5.41, 5.74) is 0.845. The van der Waals surface area contributed by atoms with Crippen LogP contribution in [0.3, 0.4) is 0 Å². The van der Waals surface area contributed by atoms with Gasteiger partial charge in [-0.1, -0.05) is 12.1 Å². The summed E-state index contributed by atoms with van der Waals surface area (Å²) < 4.78 is 9.66. The van der Waals surface area contributed by atoms with Crippen LogP contribution in [0.1, 0.15) is 52.1 Å². The van der Waals surface area contributed by atoms with E-state index < -0.39 is 0 Å². The van der Waals surface area contributed by atoms with Crippen molar-refractivity contribution in [2.75, 3.05) is 13.7 Å². The minimum absolute atomic E-state index is 0.168. The highest BCUT2D eigenvalue weighted by Crippen LogP contribution is 2.26. The van der Waals surface area contributed by atoms with Gasteiger partial charge in [-0.2, -0.15) is 0 Å². The maximum Gasteiger partial charge on any atom is 0.293 e. The van der Waals surface area contributed by atoms with Gasteiger partial charge in [0.2, 0.25) is 5.91 Å². The topological polar surface area (TPSA) is 55.8 Å². The van der Waals surface area contributed by atoms with Crippen molar-refractivity contribution in [2.24, 2.45) is 0 Å². The van der Waals surface area contributed by atoms with Gasteiger partial charge in [0.05, 0.1) is 13.2 Å². The normalized spacial score (nSPS) is 15.5. The standard InChI is InChI=1S/C13H17NO2.C5H10O2/c1-10(14-9-3-4-13(14)15)11-5-7-12(16-2)8-6-11;1-5(2,3)7-4-6/h5-8,10H,3-4,9H2,1-2H3;4H,1-3H3/t10-;/m0./s1. The molecule has 1 aromatic carbocycles. The SMILES string of the molecule is CC(C)(C)OC=O.COc1ccc([C@H](C)N2CCCC2=O)cc1. The van der Waals surface area contributed by atoms with E-state index in [2.05, 4.69) is 11.7 Å². The molecule has 0 bridgehead atoms. The van der Waals surface area contributed by atoms with E-state index in [1.165, 1.54) is 0 Å². The highest BCUT2D eigenvalue weighted by Gasteiger charge is 2.25. The number of nitrogens with zero attached hydrogens (tertiary/aromatic N) is 1. The van der Waals surface area contributed by atoms with Crippen molar-refractivity contribution in [1.82, 2.24) is 4.90 Å². The Morgan fingerprint density at radius 2 is 1.83 bits per heavy atom. The van der Waals surface area contributed by atoms with Crippen LogP contribution < -0.4 is 4.74 Å². The quantitative estimate of drug-likeness (QED) is 0.798. The van der Waals surface area contributed by atoms with Crippen LogP contribution in [0, 0.1) is 0 Å². The third-order valence-electron chi connectivity index (χ3n) is 3.58. The first-order valence-corrected chi connectivity index (χ1v) is 7.83. The third kappa shape index (κ3) is 6.30. The van der Waals surface area contributed by atoms with Gasteiger partial charge in [-0.15, -0.1) is 0 Å². The molecule has 0 N–H and O–H groups in total. The summed E-state index contributed by atoms with van der Waals surface area (Å²) in [5.74, 6) is 1.12. The number of methoxy groups -OCH3 is 1. The van der Waals surface area contributed by atoms with Gasteiger partial charge in [-0.3, -0.25) is 9.59 Å². The number of rotatable bonds is 4. The number of hydrogen-bond acceptors (Lipinski definition) is 4. The number of likely N-dealkylation sites (tertiary alicyclic amines) is 1. The molecule has 1 aromatic rings. The van der Waals surface area contributed by atoms with Gasteiger partial charge in [-0.05, 0) is 51.8 Å². The molecule has 128 valence electrons. The zero-order chi connectivity index (χ0) is 17.5. The Balaban J connectivity index is 0.000000322. The summed E-state index contributed by atoms with van der Waals surface area (Å²) in [4.78, 5) is 23.2. The molecule has 0 aromatic heterocycles. The summed E-state index contributed by atoms with van der Waals surface area (Å²) in [5, 5.41) is 0. The number of carbonyl (C=O) groups is 2. The molecule has 0 aliphatic carbocycles. The predicted octanol–water partition coefficient (Wildman–Crippen LogP) is 3.34. The fraction of sp³-hybridized carbons (Fsp3) is 0.556. The van der Waals surface area contributed by atoms with E-state index in [0.29, 0.717) is 12.9 Å². The monoisotopic (exact) mass is 321 g/mol. The predicted molar refractivity (Wildman–Crippen MR) is 89.3 cm³/mol. The van der Waals surface area contributed by atoms with E-state index in [0.717, 1.165) is 24.3 Å². The van der Waals surface area contributed by atoms with Crippen LogP contribution in [0.15, 0.2) is 24.3 Å². The van der Waals surface area contributed by atoms with Crippen LogP contribution in [-0.4, -0.2) is 36.5 Å². The van der Waals surface area contributed by atoms with Crippen molar-refractivity contribution in [3.63, 3.8) is 0 Å². The minimum Gasteiger partial charge on any atom is -0.497 e.